The van der Waals surface area contributed by atoms with E-state index in [0.717, 1.165) is 4.90 Å². The maximum Gasteiger partial charge on any atom is 0.323 e. The van der Waals surface area contributed by atoms with Crippen LogP contribution in [0.4, 0.5) is 13.6 Å². The monoisotopic (exact) mass is 284 g/mol. The van der Waals surface area contributed by atoms with Gasteiger partial charge in [-0.15, -0.1) is 0 Å². The minimum atomic E-state index is -2.76. The van der Waals surface area contributed by atoms with E-state index in [9.17, 15) is 18.4 Å². The number of carbonyl (C=O) groups is 2. The number of aliphatic carboxylic acids is 1. The normalized spacial score (nSPS) is 10.6. The van der Waals surface area contributed by atoms with Gasteiger partial charge in [-0.2, -0.15) is 0 Å². The molecule has 0 aliphatic carbocycles. The van der Waals surface area contributed by atoms with E-state index in [-0.39, 0.29) is 19.7 Å². The lowest BCUT2D eigenvalue weighted by molar-refractivity contribution is -0.137. The molecular formula is C10H18F2N2O5. The summed E-state index contributed by atoms with van der Waals surface area (Å²) in [4.78, 5) is 24.1. The van der Waals surface area contributed by atoms with E-state index in [2.05, 4.69) is 0 Å². The summed E-state index contributed by atoms with van der Waals surface area (Å²) in [5.74, 6) is -1.26. The van der Waals surface area contributed by atoms with Gasteiger partial charge in [-0.05, 0) is 0 Å². The number of amides is 2. The zero-order chi connectivity index (χ0) is 14.8. The summed E-state index contributed by atoms with van der Waals surface area (Å²) < 4.78 is 29.3. The molecule has 0 fully saturated rings. The molecular weight excluding hydrogens is 266 g/mol. The van der Waals surface area contributed by atoms with Crippen molar-refractivity contribution in [2.24, 2.45) is 0 Å². The summed E-state index contributed by atoms with van der Waals surface area (Å²) >= 11 is 0. The number of carbonyl (C=O) groups excluding carboxylic acids is 1. The van der Waals surface area contributed by atoms with Gasteiger partial charge in [0.25, 0.3) is 6.43 Å². The van der Waals surface area contributed by atoms with Crippen LogP contribution >= 0.6 is 0 Å². The van der Waals surface area contributed by atoms with Gasteiger partial charge in [0.05, 0.1) is 19.8 Å². The Balaban J connectivity index is 4.72. The number of halogens is 2. The van der Waals surface area contributed by atoms with E-state index < -0.39 is 38.1 Å². The standard InChI is InChI=1S/C10H18F2N2O5/c1-19-5-3-14(7-9(16)17)10(18)13(2-4-15)6-8(11)12/h8,15H,2-7H2,1H3,(H,16,17). The molecule has 0 radical (unpaired) electrons. The number of hydrogen-bond donors (Lipinski definition) is 2. The van der Waals surface area contributed by atoms with Crippen molar-refractivity contribution in [3.05, 3.63) is 0 Å². The van der Waals surface area contributed by atoms with E-state index >= 15 is 0 Å². The van der Waals surface area contributed by atoms with Crippen LogP contribution in [0.2, 0.25) is 0 Å². The third-order valence-corrected chi connectivity index (χ3v) is 2.16. The van der Waals surface area contributed by atoms with E-state index in [4.69, 9.17) is 14.9 Å². The molecule has 112 valence electrons. The molecule has 0 spiro atoms. The molecule has 0 unspecified atom stereocenters. The van der Waals surface area contributed by atoms with Crippen LogP contribution in [-0.4, -0.2) is 84.9 Å². The Morgan fingerprint density at radius 2 is 1.89 bits per heavy atom. The Hall–Kier alpha value is -1.48. The van der Waals surface area contributed by atoms with Gasteiger partial charge < -0.3 is 24.7 Å². The lowest BCUT2D eigenvalue weighted by atomic mass is 10.4. The topological polar surface area (TPSA) is 90.3 Å². The number of ether oxygens (including phenoxy) is 1. The average Bonchev–Trinajstić information content (AvgIpc) is 2.32. The van der Waals surface area contributed by atoms with Gasteiger partial charge in [0, 0.05) is 20.2 Å². The number of aliphatic hydroxyl groups is 1. The SMILES string of the molecule is COCCN(CC(=O)O)C(=O)N(CCO)CC(F)F. The molecule has 0 aliphatic heterocycles. The zero-order valence-corrected chi connectivity index (χ0v) is 10.6. The Labute approximate surface area is 109 Å². The highest BCUT2D eigenvalue weighted by Crippen LogP contribution is 2.04. The smallest absolute Gasteiger partial charge is 0.323 e. The second-order valence-electron chi connectivity index (χ2n) is 3.65. The fourth-order valence-electron chi connectivity index (χ4n) is 1.36. The summed E-state index contributed by atoms with van der Waals surface area (Å²) in [6, 6.07) is -0.867. The van der Waals surface area contributed by atoms with E-state index in [1.807, 2.05) is 0 Å². The van der Waals surface area contributed by atoms with Crippen LogP contribution in [0.1, 0.15) is 0 Å². The molecule has 0 bridgehead atoms. The van der Waals surface area contributed by atoms with Crippen LogP contribution in [0, 0.1) is 0 Å². The number of nitrogens with zero attached hydrogens (tertiary/aromatic N) is 2. The van der Waals surface area contributed by atoms with Crippen molar-refractivity contribution in [2.45, 2.75) is 6.43 Å². The van der Waals surface area contributed by atoms with Gasteiger partial charge in [-0.1, -0.05) is 0 Å². The minimum absolute atomic E-state index is 0.0349. The number of hydrogen-bond acceptors (Lipinski definition) is 4. The first-order valence-corrected chi connectivity index (χ1v) is 5.56. The maximum absolute atomic E-state index is 12.3. The summed E-state index contributed by atoms with van der Waals surface area (Å²) in [5, 5.41) is 17.4. The lowest BCUT2D eigenvalue weighted by Gasteiger charge is -2.29. The molecule has 0 aromatic rings. The van der Waals surface area contributed by atoms with Gasteiger partial charge in [0.1, 0.15) is 6.54 Å². The maximum atomic E-state index is 12.3. The first-order chi connectivity index (χ1) is 8.92. The predicted molar refractivity (Wildman–Crippen MR) is 61.1 cm³/mol. The predicted octanol–water partition coefficient (Wildman–Crippen LogP) is -0.301. The zero-order valence-electron chi connectivity index (χ0n) is 10.6. The van der Waals surface area contributed by atoms with Gasteiger partial charge >= 0.3 is 12.0 Å². The summed E-state index contributed by atoms with van der Waals surface area (Å²) in [7, 11) is 1.37. The fraction of sp³-hybridized carbons (Fsp3) is 0.800. The Morgan fingerprint density at radius 1 is 1.26 bits per heavy atom. The average molecular weight is 284 g/mol. The molecule has 0 saturated carbocycles. The third-order valence-electron chi connectivity index (χ3n) is 2.16. The van der Waals surface area contributed by atoms with E-state index in [1.54, 1.807) is 0 Å². The Kier molecular flexibility index (Phi) is 8.71. The van der Waals surface area contributed by atoms with Crippen LogP contribution < -0.4 is 0 Å². The molecule has 7 nitrogen and oxygen atoms in total. The summed E-state index contributed by atoms with van der Waals surface area (Å²) in [6.45, 7) is -2.20. The number of urea groups is 1. The largest absolute Gasteiger partial charge is 0.480 e. The molecule has 0 aromatic carbocycles. The number of rotatable bonds is 9. The van der Waals surface area contributed by atoms with Gasteiger partial charge in [0.15, 0.2) is 0 Å². The Morgan fingerprint density at radius 3 is 2.32 bits per heavy atom. The van der Waals surface area contributed by atoms with Crippen LogP contribution in [0.15, 0.2) is 0 Å². The van der Waals surface area contributed by atoms with Crippen LogP contribution in [-0.2, 0) is 9.53 Å². The molecule has 0 heterocycles. The lowest BCUT2D eigenvalue weighted by Crippen LogP contribution is -2.49. The third kappa shape index (κ3) is 7.52. The van der Waals surface area contributed by atoms with Crippen molar-refractivity contribution in [3.63, 3.8) is 0 Å². The van der Waals surface area contributed by atoms with Crippen LogP contribution in [0.25, 0.3) is 0 Å². The molecule has 19 heavy (non-hydrogen) atoms. The number of aliphatic hydroxyl groups excluding tert-OH is 1. The number of alkyl halides is 2. The van der Waals surface area contributed by atoms with Crippen LogP contribution in [0.3, 0.4) is 0 Å². The molecule has 9 heteroatoms. The minimum Gasteiger partial charge on any atom is -0.480 e. The second kappa shape index (κ2) is 9.45. The number of carboxylic acids is 1. The van der Waals surface area contributed by atoms with E-state index in [0.29, 0.717) is 4.90 Å². The van der Waals surface area contributed by atoms with Crippen molar-refractivity contribution in [1.29, 1.82) is 0 Å². The van der Waals surface area contributed by atoms with Crippen molar-refractivity contribution in [2.75, 3.05) is 46.5 Å². The van der Waals surface area contributed by atoms with Crippen molar-refractivity contribution in [1.82, 2.24) is 9.80 Å². The van der Waals surface area contributed by atoms with Gasteiger partial charge in [-0.3, -0.25) is 4.79 Å². The first-order valence-electron chi connectivity index (χ1n) is 5.56. The number of methoxy groups -OCH3 is 1. The summed E-state index contributed by atoms with van der Waals surface area (Å²) in [6.07, 6.45) is -2.76. The number of carboxylic acid groups (broad SMARTS) is 1. The molecule has 0 aromatic heterocycles. The summed E-state index contributed by atoms with van der Waals surface area (Å²) in [5.41, 5.74) is 0. The first kappa shape index (κ1) is 17.5. The highest BCUT2D eigenvalue weighted by molar-refractivity contribution is 5.80. The highest BCUT2D eigenvalue weighted by atomic mass is 19.3. The van der Waals surface area contributed by atoms with Gasteiger partial charge in [0.2, 0.25) is 0 Å². The molecule has 0 aliphatic rings. The molecule has 2 amide bonds. The highest BCUT2D eigenvalue weighted by Gasteiger charge is 2.24. The fourth-order valence-corrected chi connectivity index (χ4v) is 1.36. The quantitative estimate of drug-likeness (QED) is 0.606. The molecule has 0 rings (SSSR count). The Bertz CT molecular complexity index is 291. The molecule has 0 saturated heterocycles. The van der Waals surface area contributed by atoms with Gasteiger partial charge in [-0.25, -0.2) is 13.6 Å². The van der Waals surface area contributed by atoms with E-state index in [1.165, 1.54) is 7.11 Å². The van der Waals surface area contributed by atoms with Crippen molar-refractivity contribution < 1.29 is 33.3 Å². The molecule has 0 atom stereocenters. The second-order valence-corrected chi connectivity index (χ2v) is 3.65. The van der Waals surface area contributed by atoms with Crippen LogP contribution in [0.5, 0.6) is 0 Å². The van der Waals surface area contributed by atoms with Crippen molar-refractivity contribution >= 4 is 12.0 Å². The molecule has 2 N–H and O–H groups in total. The van der Waals surface area contributed by atoms with Crippen molar-refractivity contribution in [3.8, 4) is 0 Å².